The molecule has 0 bridgehead atoms. The van der Waals surface area contributed by atoms with Crippen molar-refractivity contribution in [3.8, 4) is 0 Å². The normalized spacial score (nSPS) is 10.3. The predicted octanol–water partition coefficient (Wildman–Crippen LogP) is 2.64. The quantitative estimate of drug-likeness (QED) is 0.884. The van der Waals surface area contributed by atoms with Crippen LogP contribution in [-0.4, -0.2) is 29.9 Å². The first-order chi connectivity index (χ1) is 9.08. The van der Waals surface area contributed by atoms with Crippen molar-refractivity contribution < 1.29 is 4.79 Å². The molecule has 1 aromatic heterocycles. The van der Waals surface area contributed by atoms with E-state index in [1.807, 2.05) is 43.5 Å². The average molecular weight is 257 g/mol. The molecule has 1 heterocycles. The summed E-state index contributed by atoms with van der Waals surface area (Å²) in [4.78, 5) is 16.7. The second-order valence-corrected chi connectivity index (χ2v) is 4.78. The highest BCUT2D eigenvalue weighted by molar-refractivity contribution is 5.95. The molecular formula is C15H19N3O. The summed E-state index contributed by atoms with van der Waals surface area (Å²) in [6.07, 6.45) is 1.90. The van der Waals surface area contributed by atoms with Gasteiger partial charge in [0.15, 0.2) is 0 Å². The van der Waals surface area contributed by atoms with E-state index in [1.165, 1.54) is 0 Å². The van der Waals surface area contributed by atoms with Gasteiger partial charge in [0.25, 0.3) is 5.91 Å². The van der Waals surface area contributed by atoms with Gasteiger partial charge in [-0.2, -0.15) is 0 Å². The van der Waals surface area contributed by atoms with E-state index in [0.29, 0.717) is 12.1 Å². The zero-order valence-electron chi connectivity index (χ0n) is 11.5. The molecule has 4 heteroatoms. The lowest BCUT2D eigenvalue weighted by molar-refractivity contribution is 0.0827. The van der Waals surface area contributed by atoms with Crippen LogP contribution in [0.15, 0.2) is 36.5 Å². The van der Waals surface area contributed by atoms with Gasteiger partial charge in [0.1, 0.15) is 0 Å². The minimum Gasteiger partial charge on any atom is -0.379 e. The van der Waals surface area contributed by atoms with E-state index in [-0.39, 0.29) is 5.91 Å². The molecule has 1 aromatic carbocycles. The van der Waals surface area contributed by atoms with Crippen LogP contribution in [0.2, 0.25) is 0 Å². The first-order valence-corrected chi connectivity index (χ1v) is 6.26. The number of nitrogens with zero attached hydrogens (tertiary/aromatic N) is 1. The van der Waals surface area contributed by atoms with Crippen LogP contribution in [-0.2, 0) is 6.54 Å². The monoisotopic (exact) mass is 257 g/mol. The number of carbonyl (C=O) groups is 1. The Balaban J connectivity index is 2.15. The van der Waals surface area contributed by atoms with Crippen molar-refractivity contribution in [1.29, 1.82) is 0 Å². The Hall–Kier alpha value is -2.23. The number of H-pyrrole nitrogens is 1. The molecule has 0 aliphatic rings. The van der Waals surface area contributed by atoms with Crippen molar-refractivity contribution in [2.45, 2.75) is 13.5 Å². The minimum absolute atomic E-state index is 0.0166. The van der Waals surface area contributed by atoms with Gasteiger partial charge >= 0.3 is 0 Å². The number of anilines is 1. The van der Waals surface area contributed by atoms with Crippen molar-refractivity contribution >= 4 is 11.6 Å². The fraction of sp³-hybridized carbons (Fsp3) is 0.267. The SMILES string of the molecule is Cc1ccc(C(=O)N(C)C)cc1NCc1ccc[nH]1. The van der Waals surface area contributed by atoms with Crippen LogP contribution in [0.3, 0.4) is 0 Å². The molecule has 100 valence electrons. The van der Waals surface area contributed by atoms with Crippen LogP contribution in [0.4, 0.5) is 5.69 Å². The largest absolute Gasteiger partial charge is 0.379 e. The van der Waals surface area contributed by atoms with Gasteiger partial charge in [-0.25, -0.2) is 0 Å². The van der Waals surface area contributed by atoms with Gasteiger partial charge in [-0.15, -0.1) is 0 Å². The Bertz CT molecular complexity index is 559. The highest BCUT2D eigenvalue weighted by atomic mass is 16.2. The third kappa shape index (κ3) is 3.16. The van der Waals surface area contributed by atoms with Crippen LogP contribution >= 0.6 is 0 Å². The van der Waals surface area contributed by atoms with Crippen molar-refractivity contribution in [3.63, 3.8) is 0 Å². The number of hydrogen-bond donors (Lipinski definition) is 2. The van der Waals surface area contributed by atoms with Crippen molar-refractivity contribution in [1.82, 2.24) is 9.88 Å². The maximum Gasteiger partial charge on any atom is 0.253 e. The molecule has 0 saturated carbocycles. The Morgan fingerprint density at radius 3 is 2.74 bits per heavy atom. The summed E-state index contributed by atoms with van der Waals surface area (Å²) in [5.41, 5.74) is 3.93. The number of aromatic nitrogens is 1. The number of benzene rings is 1. The lowest BCUT2D eigenvalue weighted by Gasteiger charge is -2.14. The van der Waals surface area contributed by atoms with Crippen molar-refractivity contribution in [2.75, 3.05) is 19.4 Å². The third-order valence-electron chi connectivity index (χ3n) is 3.02. The molecule has 0 atom stereocenters. The first-order valence-electron chi connectivity index (χ1n) is 6.26. The molecule has 2 rings (SSSR count). The second kappa shape index (κ2) is 5.61. The topological polar surface area (TPSA) is 48.1 Å². The standard InChI is InChI=1S/C15H19N3O/c1-11-6-7-12(15(19)18(2)3)9-14(11)17-10-13-5-4-8-16-13/h4-9,16-17H,10H2,1-3H3. The number of rotatable bonds is 4. The highest BCUT2D eigenvalue weighted by Crippen LogP contribution is 2.18. The number of carbonyl (C=O) groups excluding carboxylic acids is 1. The smallest absolute Gasteiger partial charge is 0.253 e. The average Bonchev–Trinajstić information content (AvgIpc) is 2.90. The van der Waals surface area contributed by atoms with E-state index in [9.17, 15) is 4.79 Å². The Morgan fingerprint density at radius 2 is 2.11 bits per heavy atom. The zero-order valence-corrected chi connectivity index (χ0v) is 11.5. The molecule has 0 saturated heterocycles. The molecule has 2 aromatic rings. The Labute approximate surface area is 113 Å². The summed E-state index contributed by atoms with van der Waals surface area (Å²) in [5.74, 6) is 0.0166. The molecule has 19 heavy (non-hydrogen) atoms. The Kier molecular flexibility index (Phi) is 3.90. The van der Waals surface area contributed by atoms with Gasteiger partial charge in [-0.05, 0) is 36.8 Å². The van der Waals surface area contributed by atoms with Crippen molar-refractivity contribution in [2.24, 2.45) is 0 Å². The molecular weight excluding hydrogens is 238 g/mol. The first kappa shape index (κ1) is 13.2. The van der Waals surface area contributed by atoms with Crippen molar-refractivity contribution in [3.05, 3.63) is 53.3 Å². The van der Waals surface area contributed by atoms with Crippen LogP contribution in [0.25, 0.3) is 0 Å². The van der Waals surface area contributed by atoms with Gasteiger partial charge < -0.3 is 15.2 Å². The van der Waals surface area contributed by atoms with E-state index in [0.717, 1.165) is 16.9 Å². The number of aryl methyl sites for hydroxylation is 1. The van der Waals surface area contributed by atoms with Gasteiger partial charge in [0, 0.05) is 37.2 Å². The van der Waals surface area contributed by atoms with Crippen LogP contribution in [0.1, 0.15) is 21.6 Å². The lowest BCUT2D eigenvalue weighted by Crippen LogP contribution is -2.21. The van der Waals surface area contributed by atoms with Crippen LogP contribution in [0.5, 0.6) is 0 Å². The second-order valence-electron chi connectivity index (χ2n) is 4.78. The molecule has 0 unspecified atom stereocenters. The van der Waals surface area contributed by atoms with Gasteiger partial charge in [-0.3, -0.25) is 4.79 Å². The summed E-state index contributed by atoms with van der Waals surface area (Å²) in [6.45, 7) is 2.74. The molecule has 1 amide bonds. The van der Waals surface area contributed by atoms with Gasteiger partial charge in [0.2, 0.25) is 0 Å². The minimum atomic E-state index is 0.0166. The molecule has 0 fully saturated rings. The number of amides is 1. The summed E-state index contributed by atoms with van der Waals surface area (Å²) >= 11 is 0. The highest BCUT2D eigenvalue weighted by Gasteiger charge is 2.09. The summed E-state index contributed by atoms with van der Waals surface area (Å²) in [5, 5.41) is 3.35. The molecule has 0 aliphatic carbocycles. The molecule has 0 spiro atoms. The maximum absolute atomic E-state index is 11.9. The summed E-state index contributed by atoms with van der Waals surface area (Å²) in [7, 11) is 3.52. The summed E-state index contributed by atoms with van der Waals surface area (Å²) in [6, 6.07) is 9.72. The molecule has 0 radical (unpaired) electrons. The Morgan fingerprint density at radius 1 is 1.32 bits per heavy atom. The predicted molar refractivity (Wildman–Crippen MR) is 77.3 cm³/mol. The molecule has 4 nitrogen and oxygen atoms in total. The van der Waals surface area contributed by atoms with E-state index in [2.05, 4.69) is 10.3 Å². The maximum atomic E-state index is 11.9. The fourth-order valence-electron chi connectivity index (χ4n) is 1.87. The van der Waals surface area contributed by atoms with Gasteiger partial charge in [0.05, 0.1) is 6.54 Å². The van der Waals surface area contributed by atoms with Crippen LogP contribution < -0.4 is 5.32 Å². The van der Waals surface area contributed by atoms with E-state index in [4.69, 9.17) is 0 Å². The van der Waals surface area contributed by atoms with Gasteiger partial charge in [-0.1, -0.05) is 6.07 Å². The lowest BCUT2D eigenvalue weighted by atomic mass is 10.1. The van der Waals surface area contributed by atoms with E-state index >= 15 is 0 Å². The summed E-state index contributed by atoms with van der Waals surface area (Å²) < 4.78 is 0. The zero-order chi connectivity index (χ0) is 13.8. The van der Waals surface area contributed by atoms with Crippen LogP contribution in [0, 0.1) is 6.92 Å². The van der Waals surface area contributed by atoms with E-state index in [1.54, 1.807) is 19.0 Å². The van der Waals surface area contributed by atoms with E-state index < -0.39 is 0 Å². The third-order valence-corrected chi connectivity index (χ3v) is 3.02. The number of hydrogen-bond acceptors (Lipinski definition) is 2. The molecule has 2 N–H and O–H groups in total. The fourth-order valence-corrected chi connectivity index (χ4v) is 1.87. The molecule has 0 aliphatic heterocycles. The number of nitrogens with one attached hydrogen (secondary N) is 2. The number of aromatic amines is 1.